The summed E-state index contributed by atoms with van der Waals surface area (Å²) in [4.78, 5) is 50.7. The lowest BCUT2D eigenvalue weighted by Crippen LogP contribution is -2.46. The molecule has 0 aliphatic carbocycles. The minimum absolute atomic E-state index is 0.0165. The Hall–Kier alpha value is -2.93. The number of carbonyl (C=O) groups excluding carboxylic acids is 3. The van der Waals surface area contributed by atoms with Gasteiger partial charge in [-0.15, -0.1) is 0 Å². The van der Waals surface area contributed by atoms with E-state index >= 15 is 0 Å². The van der Waals surface area contributed by atoms with Gasteiger partial charge >= 0.3 is 0 Å². The predicted molar refractivity (Wildman–Crippen MR) is 137 cm³/mol. The van der Waals surface area contributed by atoms with Gasteiger partial charge in [0.25, 0.3) is 16.8 Å². The van der Waals surface area contributed by atoms with Gasteiger partial charge in [0, 0.05) is 25.2 Å². The van der Waals surface area contributed by atoms with Crippen molar-refractivity contribution < 1.29 is 28.8 Å². The van der Waals surface area contributed by atoms with Crippen molar-refractivity contribution in [3.63, 3.8) is 0 Å². The molecule has 2 aromatic rings. The van der Waals surface area contributed by atoms with Gasteiger partial charge in [-0.1, -0.05) is 11.6 Å². The first-order valence-corrected chi connectivity index (χ1v) is 12.7. The van der Waals surface area contributed by atoms with Crippen LogP contribution in [0.1, 0.15) is 11.1 Å². The number of benzene rings is 2. The number of rotatable bonds is 7. The van der Waals surface area contributed by atoms with Crippen molar-refractivity contribution in [2.24, 2.45) is 0 Å². The molecule has 0 atom stereocenters. The van der Waals surface area contributed by atoms with Crippen LogP contribution in [0.5, 0.6) is 5.75 Å². The largest absolute Gasteiger partial charge is 0.486 e. The lowest BCUT2D eigenvalue weighted by molar-refractivity contribution is -0.384. The maximum Gasteiger partial charge on any atom is 0.294 e. The Morgan fingerprint density at radius 2 is 1.92 bits per heavy atom. The second-order valence-electron chi connectivity index (χ2n) is 7.79. The molecule has 0 radical (unpaired) electrons. The third-order valence-corrected chi connectivity index (χ3v) is 7.16. The molecule has 2 saturated heterocycles. The maximum absolute atomic E-state index is 12.8. The molecule has 2 heterocycles. The predicted octanol–water partition coefficient (Wildman–Crippen LogP) is 4.48. The normalized spacial score (nSPS) is 17.1. The van der Waals surface area contributed by atoms with Crippen LogP contribution in [-0.2, 0) is 20.9 Å². The number of amides is 3. The van der Waals surface area contributed by atoms with Gasteiger partial charge in [0.2, 0.25) is 5.91 Å². The zero-order chi connectivity index (χ0) is 25.8. The van der Waals surface area contributed by atoms with Crippen molar-refractivity contribution in [2.75, 3.05) is 32.8 Å². The number of non-ortho nitro benzene ring substituents is 1. The smallest absolute Gasteiger partial charge is 0.294 e. The van der Waals surface area contributed by atoms with Crippen molar-refractivity contribution in [2.45, 2.75) is 6.61 Å². The summed E-state index contributed by atoms with van der Waals surface area (Å²) in [5.41, 5.74) is 1.25. The number of ether oxygens (including phenoxy) is 2. The van der Waals surface area contributed by atoms with E-state index in [2.05, 4.69) is 15.9 Å². The highest BCUT2D eigenvalue weighted by Gasteiger charge is 2.37. The van der Waals surface area contributed by atoms with E-state index < -0.39 is 16.1 Å². The summed E-state index contributed by atoms with van der Waals surface area (Å²) >= 11 is 10.6. The third kappa shape index (κ3) is 6.06. The Morgan fingerprint density at radius 1 is 1.22 bits per heavy atom. The molecule has 0 bridgehead atoms. The van der Waals surface area contributed by atoms with Crippen LogP contribution < -0.4 is 4.74 Å². The number of nitro benzene ring substituents is 1. The molecular formula is C23H19BrClN3O7S. The number of hydrogen-bond donors (Lipinski definition) is 0. The van der Waals surface area contributed by atoms with Gasteiger partial charge < -0.3 is 14.4 Å². The number of carbonyl (C=O) groups is 3. The number of morpholine rings is 1. The molecule has 0 aromatic heterocycles. The zero-order valence-corrected chi connectivity index (χ0v) is 21.8. The van der Waals surface area contributed by atoms with E-state index in [-0.39, 0.29) is 34.7 Å². The molecule has 13 heteroatoms. The van der Waals surface area contributed by atoms with E-state index in [1.807, 2.05) is 0 Å². The molecule has 4 rings (SSSR count). The number of imide groups is 1. The highest BCUT2D eigenvalue weighted by Crippen LogP contribution is 2.38. The van der Waals surface area contributed by atoms with Crippen LogP contribution in [0.25, 0.3) is 6.08 Å². The Morgan fingerprint density at radius 3 is 2.56 bits per heavy atom. The molecule has 0 unspecified atom stereocenters. The summed E-state index contributed by atoms with van der Waals surface area (Å²) in [6, 6.07) is 9.23. The van der Waals surface area contributed by atoms with Gasteiger partial charge in [-0.2, -0.15) is 0 Å². The Kier molecular flexibility index (Phi) is 8.29. The number of hydrogen-bond acceptors (Lipinski definition) is 8. The number of thioether (sulfide) groups is 1. The molecule has 188 valence electrons. The Balaban J connectivity index is 1.43. The summed E-state index contributed by atoms with van der Waals surface area (Å²) in [5, 5.41) is 10.5. The van der Waals surface area contributed by atoms with Crippen LogP contribution in [0.3, 0.4) is 0 Å². The number of halogens is 2. The van der Waals surface area contributed by atoms with Crippen LogP contribution in [0.15, 0.2) is 45.8 Å². The maximum atomic E-state index is 12.8. The van der Waals surface area contributed by atoms with E-state index in [0.717, 1.165) is 16.7 Å². The fourth-order valence-electron chi connectivity index (χ4n) is 3.51. The number of nitro groups is 1. The molecule has 0 N–H and O–H groups in total. The molecule has 3 amide bonds. The standard InChI is InChI=1S/C23H19BrClN3O7S/c24-17-9-15(10-18(25)21(17)35-13-14-1-3-16(4-2-14)28(32)33)11-19-22(30)27(23(31)36-19)12-20(29)26-5-7-34-8-6-26/h1-4,9-11H,5-8,12-13H2/b19-11+. The summed E-state index contributed by atoms with van der Waals surface area (Å²) < 4.78 is 11.5. The van der Waals surface area contributed by atoms with E-state index in [1.54, 1.807) is 29.2 Å². The highest BCUT2D eigenvalue weighted by atomic mass is 79.9. The quantitative estimate of drug-likeness (QED) is 0.261. The molecule has 2 aliphatic rings. The molecule has 0 saturated carbocycles. The Labute approximate surface area is 223 Å². The second-order valence-corrected chi connectivity index (χ2v) is 10.0. The van der Waals surface area contributed by atoms with E-state index in [0.29, 0.717) is 47.7 Å². The van der Waals surface area contributed by atoms with Gasteiger partial charge in [0.1, 0.15) is 13.2 Å². The lowest BCUT2D eigenvalue weighted by Gasteiger charge is -2.28. The van der Waals surface area contributed by atoms with Gasteiger partial charge in [0.15, 0.2) is 5.75 Å². The van der Waals surface area contributed by atoms with Gasteiger partial charge in [-0.3, -0.25) is 29.4 Å². The van der Waals surface area contributed by atoms with E-state index in [1.165, 1.54) is 18.2 Å². The Bertz CT molecular complexity index is 1230. The molecule has 2 fully saturated rings. The van der Waals surface area contributed by atoms with Gasteiger partial charge in [0.05, 0.1) is 32.5 Å². The fourth-order valence-corrected chi connectivity index (χ4v) is 5.33. The topological polar surface area (TPSA) is 119 Å². The van der Waals surface area contributed by atoms with E-state index in [9.17, 15) is 24.5 Å². The first-order chi connectivity index (χ1) is 17.2. The van der Waals surface area contributed by atoms with Crippen LogP contribution in [0.2, 0.25) is 5.02 Å². The number of nitrogens with zero attached hydrogens (tertiary/aromatic N) is 3. The van der Waals surface area contributed by atoms with E-state index in [4.69, 9.17) is 21.1 Å². The third-order valence-electron chi connectivity index (χ3n) is 5.38. The summed E-state index contributed by atoms with van der Waals surface area (Å²) in [5.74, 6) is -0.490. The van der Waals surface area contributed by atoms with Crippen LogP contribution in [0, 0.1) is 10.1 Å². The minimum Gasteiger partial charge on any atom is -0.486 e. The highest BCUT2D eigenvalue weighted by molar-refractivity contribution is 9.10. The molecule has 2 aliphatic heterocycles. The molecule has 2 aromatic carbocycles. The average Bonchev–Trinajstić information content (AvgIpc) is 3.11. The summed E-state index contributed by atoms with van der Waals surface area (Å²) in [7, 11) is 0. The molecule has 10 nitrogen and oxygen atoms in total. The summed E-state index contributed by atoms with van der Waals surface area (Å²) in [6.07, 6.45) is 1.53. The van der Waals surface area contributed by atoms with Crippen LogP contribution >= 0.6 is 39.3 Å². The fraction of sp³-hybridized carbons (Fsp3) is 0.261. The molecule has 0 spiro atoms. The molecule has 36 heavy (non-hydrogen) atoms. The molecular weight excluding hydrogens is 578 g/mol. The van der Waals surface area contributed by atoms with Crippen molar-refractivity contribution in [1.29, 1.82) is 0 Å². The first kappa shape index (κ1) is 26.1. The monoisotopic (exact) mass is 595 g/mol. The first-order valence-electron chi connectivity index (χ1n) is 10.7. The van der Waals surface area contributed by atoms with Crippen molar-refractivity contribution in [1.82, 2.24) is 9.80 Å². The minimum atomic E-state index is -0.544. The lowest BCUT2D eigenvalue weighted by atomic mass is 10.2. The SMILES string of the molecule is O=C(CN1C(=O)S/C(=C/c2cc(Cl)c(OCc3ccc([N+](=O)[O-])cc3)c(Br)c2)C1=O)N1CCOCC1. The zero-order valence-electron chi connectivity index (χ0n) is 18.6. The van der Waals surface area contributed by atoms with Crippen LogP contribution in [0.4, 0.5) is 10.5 Å². The van der Waals surface area contributed by atoms with Gasteiger partial charge in [-0.25, -0.2) is 0 Å². The van der Waals surface area contributed by atoms with Crippen LogP contribution in [-0.4, -0.2) is 64.6 Å². The van der Waals surface area contributed by atoms with Gasteiger partial charge in [-0.05, 0) is 69.2 Å². The second kappa shape index (κ2) is 11.4. The summed E-state index contributed by atoms with van der Waals surface area (Å²) in [6.45, 7) is 1.52. The average molecular weight is 597 g/mol. The van der Waals surface area contributed by atoms with Crippen molar-refractivity contribution in [3.8, 4) is 5.75 Å². The van der Waals surface area contributed by atoms with Crippen molar-refractivity contribution in [3.05, 3.63) is 72.0 Å². The van der Waals surface area contributed by atoms with Crippen molar-refractivity contribution >= 4 is 68.1 Å².